The van der Waals surface area contributed by atoms with Crippen LogP contribution in [0, 0.1) is 12.8 Å². The van der Waals surface area contributed by atoms with Crippen LogP contribution in [0.2, 0.25) is 0 Å². The van der Waals surface area contributed by atoms with E-state index in [0.717, 1.165) is 42.0 Å². The van der Waals surface area contributed by atoms with Crippen LogP contribution < -0.4 is 16.0 Å². The molecule has 3 saturated heterocycles. The number of nitrogens with one attached hydrogen (secondary N) is 3. The maximum atomic E-state index is 13.2. The molecular weight excluding hydrogens is 384 g/mol. The third-order valence-corrected chi connectivity index (χ3v) is 7.90. The van der Waals surface area contributed by atoms with E-state index in [1.165, 1.54) is 0 Å². The van der Waals surface area contributed by atoms with Gasteiger partial charge < -0.3 is 15.5 Å². The van der Waals surface area contributed by atoms with Gasteiger partial charge in [-0.2, -0.15) is 0 Å². The van der Waals surface area contributed by atoms with Gasteiger partial charge in [-0.1, -0.05) is 6.07 Å². The number of rotatable bonds is 3. The summed E-state index contributed by atoms with van der Waals surface area (Å²) in [6.07, 6.45) is 1.88. The summed E-state index contributed by atoms with van der Waals surface area (Å²) >= 11 is 1.76. The molecule has 6 nitrogen and oxygen atoms in total. The number of thioether (sulfide) groups is 1. The highest BCUT2D eigenvalue weighted by atomic mass is 32.2. The van der Waals surface area contributed by atoms with Gasteiger partial charge in [0.1, 0.15) is 0 Å². The smallest absolute Gasteiger partial charge is 0.242 e. The average molecular weight is 417 g/mol. The first-order chi connectivity index (χ1) is 13.8. The molecule has 3 heterocycles. The van der Waals surface area contributed by atoms with Gasteiger partial charge in [0, 0.05) is 37.1 Å². The molecule has 1 aromatic carbocycles. The van der Waals surface area contributed by atoms with Crippen molar-refractivity contribution < 1.29 is 9.59 Å². The molecule has 0 aromatic heterocycles. The van der Waals surface area contributed by atoms with Gasteiger partial charge in [0.15, 0.2) is 0 Å². The Labute approximate surface area is 177 Å². The molecule has 6 atom stereocenters. The summed E-state index contributed by atoms with van der Waals surface area (Å²) < 4.78 is 0. The minimum Gasteiger partial charge on any atom is -0.342 e. The van der Waals surface area contributed by atoms with Crippen LogP contribution in [-0.4, -0.2) is 59.6 Å². The van der Waals surface area contributed by atoms with Crippen molar-refractivity contribution in [1.82, 2.24) is 15.5 Å². The van der Waals surface area contributed by atoms with E-state index in [1.54, 1.807) is 11.8 Å². The molecule has 0 bridgehead atoms. The van der Waals surface area contributed by atoms with E-state index < -0.39 is 0 Å². The SMILES string of the molecule is Cc1ccc(NC(=O)C2CSC(C)N2)cc1C1CC2CNC(C)CC2N(C)C1=O. The van der Waals surface area contributed by atoms with Gasteiger partial charge >= 0.3 is 0 Å². The molecule has 0 radical (unpaired) electrons. The van der Waals surface area contributed by atoms with Gasteiger partial charge in [-0.3, -0.25) is 14.9 Å². The number of likely N-dealkylation sites (N-methyl/N-ethyl adjacent to an activating group) is 1. The van der Waals surface area contributed by atoms with Crippen molar-refractivity contribution in [3.05, 3.63) is 29.3 Å². The summed E-state index contributed by atoms with van der Waals surface area (Å²) in [6.45, 7) is 7.27. The lowest BCUT2D eigenvalue weighted by atomic mass is 9.75. The van der Waals surface area contributed by atoms with Gasteiger partial charge in [0.05, 0.1) is 17.3 Å². The van der Waals surface area contributed by atoms with Gasteiger partial charge in [-0.15, -0.1) is 11.8 Å². The van der Waals surface area contributed by atoms with E-state index in [0.29, 0.717) is 23.4 Å². The molecule has 158 valence electrons. The zero-order valence-corrected chi connectivity index (χ0v) is 18.5. The van der Waals surface area contributed by atoms with Gasteiger partial charge in [-0.25, -0.2) is 0 Å². The number of amides is 2. The predicted octanol–water partition coefficient (Wildman–Crippen LogP) is 2.30. The molecule has 1 aromatic rings. The maximum Gasteiger partial charge on any atom is 0.242 e. The van der Waals surface area contributed by atoms with Crippen molar-refractivity contribution in [1.29, 1.82) is 0 Å². The first-order valence-corrected chi connectivity index (χ1v) is 11.7. The number of benzene rings is 1. The normalized spacial score (nSPS) is 34.8. The molecule has 4 rings (SSSR count). The topological polar surface area (TPSA) is 73.5 Å². The number of fused-ring (bicyclic) bond motifs is 1. The third-order valence-electron chi connectivity index (χ3n) is 6.74. The number of likely N-dealkylation sites (tertiary alicyclic amines) is 1. The first kappa shape index (κ1) is 20.7. The van der Waals surface area contributed by atoms with E-state index in [2.05, 4.69) is 36.7 Å². The van der Waals surface area contributed by atoms with Crippen molar-refractivity contribution in [3.8, 4) is 0 Å². The van der Waals surface area contributed by atoms with E-state index in [9.17, 15) is 9.59 Å². The average Bonchev–Trinajstić information content (AvgIpc) is 3.13. The molecule has 3 N–H and O–H groups in total. The Kier molecular flexibility index (Phi) is 5.91. The summed E-state index contributed by atoms with van der Waals surface area (Å²) in [7, 11) is 1.95. The first-order valence-electron chi connectivity index (χ1n) is 10.6. The Morgan fingerprint density at radius 2 is 2.07 bits per heavy atom. The van der Waals surface area contributed by atoms with Gasteiger partial charge in [0.25, 0.3) is 0 Å². The second kappa shape index (κ2) is 8.28. The molecular formula is C22H32N4O2S. The summed E-state index contributed by atoms with van der Waals surface area (Å²) in [5.74, 6) is 1.31. The maximum absolute atomic E-state index is 13.2. The van der Waals surface area contributed by atoms with Crippen molar-refractivity contribution >= 4 is 29.3 Å². The van der Waals surface area contributed by atoms with Crippen LogP contribution in [0.3, 0.4) is 0 Å². The Bertz CT molecular complexity index is 801. The number of hydrogen-bond acceptors (Lipinski definition) is 5. The molecule has 0 spiro atoms. The molecule has 3 fully saturated rings. The molecule has 3 aliphatic heterocycles. The predicted molar refractivity (Wildman–Crippen MR) is 118 cm³/mol. The van der Waals surface area contributed by atoms with Crippen molar-refractivity contribution in [2.75, 3.05) is 24.7 Å². The number of carbonyl (C=O) groups excluding carboxylic acids is 2. The van der Waals surface area contributed by atoms with Crippen LogP contribution in [0.15, 0.2) is 18.2 Å². The van der Waals surface area contributed by atoms with Crippen LogP contribution >= 0.6 is 11.8 Å². The number of anilines is 1. The molecule has 0 saturated carbocycles. The minimum atomic E-state index is -0.168. The second-order valence-electron chi connectivity index (χ2n) is 8.87. The Morgan fingerprint density at radius 1 is 1.28 bits per heavy atom. The summed E-state index contributed by atoms with van der Waals surface area (Å²) in [4.78, 5) is 27.8. The molecule has 6 unspecified atom stereocenters. The fourth-order valence-electron chi connectivity index (χ4n) is 5.01. The number of nitrogens with zero attached hydrogens (tertiary/aromatic N) is 1. The standard InChI is InChI=1S/C22H32N4O2S/c1-12-5-6-16(25-21(27)19-11-29-14(3)24-19)9-17(12)18-8-15-10-23-13(2)7-20(15)26(4)22(18)28/h5-6,9,13-15,18-20,23-24H,7-8,10-11H2,1-4H3,(H,25,27). The fraction of sp³-hybridized carbons (Fsp3) is 0.636. The monoisotopic (exact) mass is 416 g/mol. The van der Waals surface area contributed by atoms with E-state index in [1.807, 2.05) is 30.1 Å². The number of aryl methyl sites for hydroxylation is 1. The fourth-order valence-corrected chi connectivity index (χ4v) is 6.00. The van der Waals surface area contributed by atoms with Crippen LogP contribution in [0.4, 0.5) is 5.69 Å². The second-order valence-corrected chi connectivity index (χ2v) is 10.2. The zero-order chi connectivity index (χ0) is 20.7. The van der Waals surface area contributed by atoms with Crippen molar-refractivity contribution in [2.24, 2.45) is 5.92 Å². The van der Waals surface area contributed by atoms with Crippen LogP contribution in [0.5, 0.6) is 0 Å². The lowest BCUT2D eigenvalue weighted by molar-refractivity contribution is -0.140. The number of carbonyl (C=O) groups is 2. The van der Waals surface area contributed by atoms with Crippen LogP contribution in [0.1, 0.15) is 43.7 Å². The molecule has 7 heteroatoms. The summed E-state index contributed by atoms with van der Waals surface area (Å²) in [5.41, 5.74) is 2.92. The highest BCUT2D eigenvalue weighted by Gasteiger charge is 2.43. The largest absolute Gasteiger partial charge is 0.342 e. The van der Waals surface area contributed by atoms with E-state index >= 15 is 0 Å². The highest BCUT2D eigenvalue weighted by molar-refractivity contribution is 8.00. The van der Waals surface area contributed by atoms with Crippen LogP contribution in [-0.2, 0) is 9.59 Å². The lowest BCUT2D eigenvalue weighted by Crippen LogP contribution is -2.57. The number of piperidine rings is 2. The van der Waals surface area contributed by atoms with E-state index in [4.69, 9.17) is 0 Å². The summed E-state index contributed by atoms with van der Waals surface area (Å²) in [5, 5.41) is 10.2. The molecule has 29 heavy (non-hydrogen) atoms. The molecule has 2 amide bonds. The van der Waals surface area contributed by atoms with Crippen LogP contribution in [0.25, 0.3) is 0 Å². The van der Waals surface area contributed by atoms with E-state index in [-0.39, 0.29) is 23.8 Å². The Hall–Kier alpha value is -1.57. The Morgan fingerprint density at radius 3 is 2.79 bits per heavy atom. The number of hydrogen-bond donors (Lipinski definition) is 3. The summed E-state index contributed by atoms with van der Waals surface area (Å²) in [6, 6.07) is 6.57. The molecule has 3 aliphatic rings. The van der Waals surface area contributed by atoms with Gasteiger partial charge in [0.2, 0.25) is 11.8 Å². The van der Waals surface area contributed by atoms with Crippen molar-refractivity contribution in [3.63, 3.8) is 0 Å². The lowest BCUT2D eigenvalue weighted by Gasteiger charge is -2.47. The molecule has 0 aliphatic carbocycles. The minimum absolute atomic E-state index is 0.00530. The highest BCUT2D eigenvalue weighted by Crippen LogP contribution is 2.39. The zero-order valence-electron chi connectivity index (χ0n) is 17.7. The van der Waals surface area contributed by atoms with Crippen molar-refractivity contribution in [2.45, 2.75) is 63.0 Å². The quantitative estimate of drug-likeness (QED) is 0.705. The third kappa shape index (κ3) is 4.18. The van der Waals surface area contributed by atoms with Gasteiger partial charge in [-0.05, 0) is 62.8 Å². The Balaban J connectivity index is 1.53.